The van der Waals surface area contributed by atoms with Crippen LogP contribution in [0.3, 0.4) is 0 Å². The lowest BCUT2D eigenvalue weighted by molar-refractivity contribution is -0.181. The van der Waals surface area contributed by atoms with Gasteiger partial charge < -0.3 is 26.2 Å². The molecule has 0 aromatic heterocycles. The van der Waals surface area contributed by atoms with Crippen LogP contribution in [0.4, 0.5) is 11.4 Å². The van der Waals surface area contributed by atoms with Crippen LogP contribution in [0.5, 0.6) is 5.75 Å². The number of amides is 1. The number of aliphatic hydroxyl groups is 1. The van der Waals surface area contributed by atoms with Gasteiger partial charge >= 0.3 is 0 Å². The number of phenolic OH excluding ortho intramolecular Hbond substituents is 1. The zero-order valence-corrected chi connectivity index (χ0v) is 28.0. The SMILES string of the molecule is CN(C)c1cc(NCc2ccccc2SC(C)(C)C)c(O)c2c1C[C@H]1C[C@H]3C(N(C)C)C(=O)C(C(N)=O)C(=O)[C@@]3(O)C(=O)C1C2=O. The van der Waals surface area contributed by atoms with Gasteiger partial charge in [0.05, 0.1) is 23.2 Å². The molecule has 46 heavy (non-hydrogen) atoms. The second-order valence-electron chi connectivity index (χ2n) is 14.0. The van der Waals surface area contributed by atoms with Gasteiger partial charge in [-0.3, -0.25) is 28.9 Å². The van der Waals surface area contributed by atoms with Gasteiger partial charge in [0, 0.05) is 41.9 Å². The van der Waals surface area contributed by atoms with E-state index in [-0.39, 0.29) is 28.9 Å². The molecule has 2 aromatic carbocycles. The molecule has 3 aliphatic rings. The Kier molecular flexibility index (Phi) is 8.63. The number of carbonyl (C=O) groups is 5. The summed E-state index contributed by atoms with van der Waals surface area (Å²) >= 11 is 1.72. The van der Waals surface area contributed by atoms with Gasteiger partial charge in [0.15, 0.2) is 34.7 Å². The van der Waals surface area contributed by atoms with Crippen LogP contribution in [-0.4, -0.2) is 88.7 Å². The van der Waals surface area contributed by atoms with Crippen molar-refractivity contribution in [2.24, 2.45) is 29.4 Å². The molecule has 2 aromatic rings. The molecule has 1 amide bonds. The van der Waals surface area contributed by atoms with Crippen molar-refractivity contribution in [1.82, 2.24) is 4.90 Å². The molecule has 0 saturated heterocycles. The maximum absolute atomic E-state index is 14.3. The lowest BCUT2D eigenvalue weighted by Gasteiger charge is -2.52. The Hall–Kier alpha value is -3.74. The third-order valence-electron chi connectivity index (χ3n) is 9.38. The molecule has 6 atom stereocenters. The Labute approximate surface area is 272 Å². The van der Waals surface area contributed by atoms with E-state index < -0.39 is 64.4 Å². The normalized spacial score (nSPS) is 27.6. The number of carbonyl (C=O) groups excluding carboxylic acids is 5. The number of fused-ring (bicyclic) bond motifs is 3. The molecular formula is C34H42N4O7S. The van der Waals surface area contributed by atoms with Crippen LogP contribution < -0.4 is 16.0 Å². The fraction of sp³-hybridized carbons (Fsp3) is 0.500. The number of hydrogen-bond donors (Lipinski definition) is 4. The quantitative estimate of drug-likeness (QED) is 0.197. The third kappa shape index (κ3) is 5.39. The van der Waals surface area contributed by atoms with Gasteiger partial charge in [-0.05, 0) is 56.1 Å². The number of anilines is 2. The Morgan fingerprint density at radius 1 is 1.09 bits per heavy atom. The minimum Gasteiger partial charge on any atom is -0.505 e. The van der Waals surface area contributed by atoms with E-state index in [9.17, 15) is 34.2 Å². The number of ketones is 4. The molecule has 0 bridgehead atoms. The maximum atomic E-state index is 14.3. The molecule has 0 heterocycles. The summed E-state index contributed by atoms with van der Waals surface area (Å²) in [6.07, 6.45) is 0.192. The summed E-state index contributed by atoms with van der Waals surface area (Å²) in [4.78, 5) is 72.0. The number of likely N-dealkylation sites (N-methyl/N-ethyl adjacent to an activating group) is 1. The van der Waals surface area contributed by atoms with Crippen LogP contribution in [-0.2, 0) is 32.1 Å². The van der Waals surface area contributed by atoms with E-state index in [0.29, 0.717) is 23.5 Å². The van der Waals surface area contributed by atoms with Crippen LogP contribution in [0.15, 0.2) is 35.2 Å². The van der Waals surface area contributed by atoms with Crippen molar-refractivity contribution in [3.8, 4) is 5.75 Å². The van der Waals surface area contributed by atoms with E-state index in [2.05, 4.69) is 26.1 Å². The average molecular weight is 651 g/mol. The molecule has 5 rings (SSSR count). The van der Waals surface area contributed by atoms with Crippen LogP contribution >= 0.6 is 11.8 Å². The van der Waals surface area contributed by atoms with E-state index >= 15 is 0 Å². The highest BCUT2D eigenvalue weighted by Crippen LogP contribution is 2.53. The third-order valence-corrected chi connectivity index (χ3v) is 10.6. The summed E-state index contributed by atoms with van der Waals surface area (Å²) in [6.45, 7) is 6.72. The van der Waals surface area contributed by atoms with Crippen molar-refractivity contribution in [2.75, 3.05) is 38.4 Å². The molecule has 2 fully saturated rings. The number of rotatable bonds is 7. The molecule has 11 nitrogen and oxygen atoms in total. The zero-order valence-electron chi connectivity index (χ0n) is 27.2. The first-order valence-corrected chi connectivity index (χ1v) is 16.1. The van der Waals surface area contributed by atoms with E-state index in [1.54, 1.807) is 31.9 Å². The Morgan fingerprint density at radius 3 is 2.33 bits per heavy atom. The number of aromatic hydroxyl groups is 1. The number of benzene rings is 2. The molecule has 2 saturated carbocycles. The number of primary amides is 1. The predicted molar refractivity (Wildman–Crippen MR) is 175 cm³/mol. The maximum Gasteiger partial charge on any atom is 0.235 e. The van der Waals surface area contributed by atoms with Crippen LogP contribution in [0.1, 0.15) is 48.7 Å². The summed E-state index contributed by atoms with van der Waals surface area (Å²) in [6, 6.07) is 8.55. The highest BCUT2D eigenvalue weighted by molar-refractivity contribution is 8.00. The summed E-state index contributed by atoms with van der Waals surface area (Å²) in [5.41, 5.74) is 5.12. The fourth-order valence-electron chi connectivity index (χ4n) is 7.46. The van der Waals surface area contributed by atoms with E-state index in [1.807, 2.05) is 43.3 Å². The average Bonchev–Trinajstić information content (AvgIpc) is 2.94. The zero-order chi connectivity index (χ0) is 34.0. The molecule has 0 radical (unpaired) electrons. The number of nitrogens with one attached hydrogen (secondary N) is 1. The number of nitrogens with two attached hydrogens (primary N) is 1. The van der Waals surface area contributed by atoms with Gasteiger partial charge in [0.25, 0.3) is 0 Å². The van der Waals surface area contributed by atoms with Crippen molar-refractivity contribution in [3.05, 3.63) is 47.0 Å². The van der Waals surface area contributed by atoms with Crippen molar-refractivity contribution in [2.45, 2.75) is 61.4 Å². The molecule has 5 N–H and O–H groups in total. The number of thioether (sulfide) groups is 1. The largest absolute Gasteiger partial charge is 0.505 e. The minimum atomic E-state index is -2.76. The second kappa shape index (κ2) is 11.8. The van der Waals surface area contributed by atoms with E-state index in [0.717, 1.165) is 10.5 Å². The fourth-order valence-corrected chi connectivity index (χ4v) is 8.53. The number of hydrogen-bond acceptors (Lipinski definition) is 11. The van der Waals surface area contributed by atoms with Gasteiger partial charge in [0.2, 0.25) is 5.91 Å². The monoisotopic (exact) mass is 650 g/mol. The van der Waals surface area contributed by atoms with Crippen molar-refractivity contribution >= 4 is 52.2 Å². The van der Waals surface area contributed by atoms with Crippen LogP contribution in [0.25, 0.3) is 0 Å². The topological polar surface area (TPSA) is 170 Å². The van der Waals surface area contributed by atoms with Gasteiger partial charge in [0.1, 0.15) is 5.75 Å². The van der Waals surface area contributed by atoms with Crippen molar-refractivity contribution < 1.29 is 34.2 Å². The second-order valence-corrected chi connectivity index (χ2v) is 15.9. The first kappa shape index (κ1) is 33.6. The summed E-state index contributed by atoms with van der Waals surface area (Å²) in [7, 11) is 6.76. The summed E-state index contributed by atoms with van der Waals surface area (Å²) < 4.78 is -0.0300. The molecule has 0 aliphatic heterocycles. The van der Waals surface area contributed by atoms with Crippen molar-refractivity contribution in [1.29, 1.82) is 0 Å². The Bertz CT molecular complexity index is 1650. The number of nitrogens with zero attached hydrogens (tertiary/aromatic N) is 2. The van der Waals surface area contributed by atoms with Crippen LogP contribution in [0.2, 0.25) is 0 Å². The minimum absolute atomic E-state index is 0.000243. The van der Waals surface area contributed by atoms with Gasteiger partial charge in [-0.2, -0.15) is 0 Å². The molecule has 3 unspecified atom stereocenters. The lowest BCUT2D eigenvalue weighted by Crippen LogP contribution is -2.74. The van der Waals surface area contributed by atoms with Gasteiger partial charge in [-0.1, -0.05) is 39.0 Å². The molecule has 12 heteroatoms. The lowest BCUT2D eigenvalue weighted by atomic mass is 9.52. The standard InChI is InChI=1S/C34H42N4O7S/c1-33(2,3)46-22-11-9-8-10-16(22)15-36-20-14-21(37(4)5)18-12-17-13-19-26(38(6)7)29(41)25(32(35)44)31(43)34(19,45)30(42)23(17)28(40)24(18)27(20)39/h8-11,14,17,19,23,25-26,36,39,45H,12-13,15H2,1-7H3,(H2,35,44)/t17-,19-,23?,25?,26?,34-/m0/s1. The first-order valence-electron chi connectivity index (χ1n) is 15.3. The van der Waals surface area contributed by atoms with E-state index in [1.165, 1.54) is 4.90 Å². The molecule has 3 aliphatic carbocycles. The number of phenols is 1. The molecule has 0 spiro atoms. The Morgan fingerprint density at radius 2 is 1.74 bits per heavy atom. The highest BCUT2D eigenvalue weighted by atomic mass is 32.2. The first-order chi connectivity index (χ1) is 21.4. The smallest absolute Gasteiger partial charge is 0.235 e. The van der Waals surface area contributed by atoms with Crippen LogP contribution in [0, 0.1) is 23.7 Å². The predicted octanol–water partition coefficient (Wildman–Crippen LogP) is 2.44. The number of Topliss-reactive ketones (excluding diaryl/α,β-unsaturated/α-hetero) is 4. The highest BCUT2D eigenvalue weighted by Gasteiger charge is 2.69. The van der Waals surface area contributed by atoms with E-state index in [4.69, 9.17) is 5.73 Å². The summed E-state index contributed by atoms with van der Waals surface area (Å²) in [5.74, 6) is -10.7. The van der Waals surface area contributed by atoms with Gasteiger partial charge in [-0.25, -0.2) is 0 Å². The Balaban J connectivity index is 1.57. The van der Waals surface area contributed by atoms with Gasteiger partial charge in [-0.15, -0.1) is 11.8 Å². The molecule has 246 valence electrons. The van der Waals surface area contributed by atoms with Crippen molar-refractivity contribution in [3.63, 3.8) is 0 Å². The summed E-state index contributed by atoms with van der Waals surface area (Å²) in [5, 5.41) is 26.7. The molecular weight excluding hydrogens is 608 g/mol.